The molecular weight excluding hydrogens is 454 g/mol. The molecule has 0 aliphatic carbocycles. The normalized spacial score (nSPS) is 17.1. The van der Waals surface area contributed by atoms with Gasteiger partial charge >= 0.3 is 0 Å². The van der Waals surface area contributed by atoms with E-state index in [9.17, 15) is 13.2 Å². The van der Waals surface area contributed by atoms with Crippen LogP contribution in [0.2, 0.25) is 0 Å². The first-order valence-electron chi connectivity index (χ1n) is 11.7. The molecule has 0 unspecified atom stereocenters. The zero-order chi connectivity index (χ0) is 23.5. The summed E-state index contributed by atoms with van der Waals surface area (Å²) in [5, 5.41) is 4.24. The number of hydrogen-bond donors (Lipinski definition) is 1. The summed E-state index contributed by atoms with van der Waals surface area (Å²) in [7, 11) is -3.65. The lowest BCUT2D eigenvalue weighted by Gasteiger charge is -2.31. The van der Waals surface area contributed by atoms with Crippen LogP contribution in [0.4, 0.5) is 0 Å². The minimum absolute atomic E-state index is 0.00809. The van der Waals surface area contributed by atoms with E-state index in [1.165, 1.54) is 21.3 Å². The van der Waals surface area contributed by atoms with Crippen LogP contribution in [0, 0.1) is 5.92 Å². The number of carbonyl (C=O) groups excluding carboxylic acids is 1. The predicted molar refractivity (Wildman–Crippen MR) is 128 cm³/mol. The van der Waals surface area contributed by atoms with Crippen LogP contribution in [0.5, 0.6) is 11.5 Å². The minimum atomic E-state index is -3.65. The summed E-state index contributed by atoms with van der Waals surface area (Å²) in [6, 6.07) is 15.1. The minimum Gasteiger partial charge on any atom is -0.486 e. The number of piperidine rings is 1. The molecule has 3 heterocycles. The molecule has 0 radical (unpaired) electrons. The molecular formula is C25H29N3O5S. The van der Waals surface area contributed by atoms with E-state index in [0.29, 0.717) is 57.2 Å². The molecule has 3 aromatic rings. The third kappa shape index (κ3) is 4.63. The molecule has 9 heteroatoms. The Labute approximate surface area is 199 Å². The standard InChI is InChI=1S/C25H29N3O5S/c29-25(26-11-3-12-27-13-8-19-4-1-2-5-22(19)27)20-9-14-28(15-10-20)34(30,31)21-6-7-23-24(18-21)33-17-16-32-23/h1-2,4-8,13,18,20H,3,9-12,14-17H2,(H,26,29). The first kappa shape index (κ1) is 22.7. The van der Waals surface area contributed by atoms with E-state index in [2.05, 4.69) is 34.3 Å². The second-order valence-electron chi connectivity index (χ2n) is 8.70. The highest BCUT2D eigenvalue weighted by atomic mass is 32.2. The number of aromatic nitrogens is 1. The third-order valence-corrected chi connectivity index (χ3v) is 8.43. The Morgan fingerprint density at radius 1 is 1.00 bits per heavy atom. The van der Waals surface area contributed by atoms with Crippen LogP contribution < -0.4 is 14.8 Å². The van der Waals surface area contributed by atoms with Gasteiger partial charge in [0.25, 0.3) is 0 Å². The Morgan fingerprint density at radius 3 is 2.59 bits per heavy atom. The molecule has 1 aromatic heterocycles. The van der Waals surface area contributed by atoms with Crippen molar-refractivity contribution in [3.8, 4) is 11.5 Å². The summed E-state index contributed by atoms with van der Waals surface area (Å²) in [5.74, 6) is 0.855. The lowest BCUT2D eigenvalue weighted by atomic mass is 9.97. The molecule has 8 nitrogen and oxygen atoms in total. The van der Waals surface area contributed by atoms with Crippen molar-refractivity contribution in [1.29, 1.82) is 0 Å². The highest BCUT2D eigenvalue weighted by Crippen LogP contribution is 2.34. The second-order valence-corrected chi connectivity index (χ2v) is 10.6. The third-order valence-electron chi connectivity index (χ3n) is 6.53. The lowest BCUT2D eigenvalue weighted by Crippen LogP contribution is -2.43. The van der Waals surface area contributed by atoms with Crippen molar-refractivity contribution in [2.24, 2.45) is 5.92 Å². The van der Waals surface area contributed by atoms with Crippen LogP contribution in [0.25, 0.3) is 10.9 Å². The van der Waals surface area contributed by atoms with Gasteiger partial charge < -0.3 is 19.4 Å². The lowest BCUT2D eigenvalue weighted by molar-refractivity contribution is -0.126. The summed E-state index contributed by atoms with van der Waals surface area (Å²) >= 11 is 0. The molecule has 0 saturated carbocycles. The van der Waals surface area contributed by atoms with Gasteiger partial charge in [-0.25, -0.2) is 8.42 Å². The van der Waals surface area contributed by atoms with Crippen molar-refractivity contribution in [3.05, 3.63) is 54.7 Å². The molecule has 0 atom stereocenters. The number of ether oxygens (including phenoxy) is 2. The summed E-state index contributed by atoms with van der Waals surface area (Å²) in [5.41, 5.74) is 1.19. The number of rotatable bonds is 7. The average molecular weight is 484 g/mol. The smallest absolute Gasteiger partial charge is 0.243 e. The highest BCUT2D eigenvalue weighted by Gasteiger charge is 2.32. The Balaban J connectivity index is 1.10. The van der Waals surface area contributed by atoms with E-state index in [1.54, 1.807) is 12.1 Å². The molecule has 5 rings (SSSR count). The summed E-state index contributed by atoms with van der Waals surface area (Å²) in [6.07, 6.45) is 3.93. The van der Waals surface area contributed by atoms with Gasteiger partial charge in [-0.3, -0.25) is 4.79 Å². The number of amides is 1. The number of benzene rings is 2. The number of hydrogen-bond acceptors (Lipinski definition) is 5. The number of para-hydroxylation sites is 1. The molecule has 180 valence electrons. The van der Waals surface area contributed by atoms with Gasteiger partial charge in [0.15, 0.2) is 11.5 Å². The average Bonchev–Trinajstić information content (AvgIpc) is 3.29. The summed E-state index contributed by atoms with van der Waals surface area (Å²) < 4.78 is 40.8. The van der Waals surface area contributed by atoms with Gasteiger partial charge in [-0.05, 0) is 48.9 Å². The number of fused-ring (bicyclic) bond motifs is 2. The molecule has 1 amide bonds. The second kappa shape index (κ2) is 9.68. The van der Waals surface area contributed by atoms with Gasteiger partial charge in [-0.2, -0.15) is 4.31 Å². The fraction of sp³-hybridized carbons (Fsp3) is 0.400. The fourth-order valence-electron chi connectivity index (χ4n) is 4.63. The molecule has 1 saturated heterocycles. The van der Waals surface area contributed by atoms with E-state index in [0.717, 1.165) is 13.0 Å². The maximum Gasteiger partial charge on any atom is 0.243 e. The van der Waals surface area contributed by atoms with Crippen LogP contribution in [0.15, 0.2) is 59.6 Å². The van der Waals surface area contributed by atoms with Crippen LogP contribution in [0.1, 0.15) is 19.3 Å². The number of carbonyl (C=O) groups is 1. The van der Waals surface area contributed by atoms with Crippen molar-refractivity contribution in [1.82, 2.24) is 14.2 Å². The molecule has 34 heavy (non-hydrogen) atoms. The Morgan fingerprint density at radius 2 is 1.76 bits per heavy atom. The molecule has 0 spiro atoms. The Hall–Kier alpha value is -3.04. The zero-order valence-electron chi connectivity index (χ0n) is 19.0. The topological polar surface area (TPSA) is 89.9 Å². The van der Waals surface area contributed by atoms with Gasteiger partial charge in [0, 0.05) is 49.9 Å². The number of nitrogens with zero attached hydrogens (tertiary/aromatic N) is 2. The predicted octanol–water partition coefficient (Wildman–Crippen LogP) is 3.02. The number of aryl methyl sites for hydroxylation is 1. The molecule has 0 bridgehead atoms. The number of nitrogens with one attached hydrogen (secondary N) is 1. The van der Waals surface area contributed by atoms with E-state index < -0.39 is 10.0 Å². The highest BCUT2D eigenvalue weighted by molar-refractivity contribution is 7.89. The van der Waals surface area contributed by atoms with Crippen molar-refractivity contribution in [2.45, 2.75) is 30.7 Å². The van der Waals surface area contributed by atoms with E-state index in [-0.39, 0.29) is 16.7 Å². The molecule has 2 aliphatic rings. The van der Waals surface area contributed by atoms with Crippen LogP contribution in [-0.4, -0.2) is 56.0 Å². The first-order chi connectivity index (χ1) is 16.5. The monoisotopic (exact) mass is 483 g/mol. The van der Waals surface area contributed by atoms with Crippen LogP contribution in [0.3, 0.4) is 0 Å². The fourth-order valence-corrected chi connectivity index (χ4v) is 6.12. The summed E-state index contributed by atoms with van der Waals surface area (Å²) in [4.78, 5) is 12.8. The van der Waals surface area contributed by atoms with Crippen molar-refractivity contribution >= 4 is 26.8 Å². The maximum atomic E-state index is 13.1. The van der Waals surface area contributed by atoms with E-state index in [1.807, 2.05) is 12.1 Å². The van der Waals surface area contributed by atoms with Crippen LogP contribution >= 0.6 is 0 Å². The molecule has 2 aromatic carbocycles. The number of sulfonamides is 1. The Bertz CT molecular complexity index is 1280. The molecule has 1 N–H and O–H groups in total. The SMILES string of the molecule is O=C(NCCCn1ccc2ccccc21)C1CCN(S(=O)(=O)c2ccc3c(c2)OCCO3)CC1. The van der Waals surface area contributed by atoms with Crippen molar-refractivity contribution in [2.75, 3.05) is 32.8 Å². The maximum absolute atomic E-state index is 13.1. The van der Waals surface area contributed by atoms with Crippen LogP contribution in [-0.2, 0) is 21.4 Å². The zero-order valence-corrected chi connectivity index (χ0v) is 19.8. The van der Waals surface area contributed by atoms with Gasteiger partial charge in [-0.1, -0.05) is 18.2 Å². The largest absolute Gasteiger partial charge is 0.486 e. The molecule has 2 aliphatic heterocycles. The Kier molecular flexibility index (Phi) is 6.47. The van der Waals surface area contributed by atoms with Gasteiger partial charge in [0.1, 0.15) is 13.2 Å². The van der Waals surface area contributed by atoms with Gasteiger partial charge in [-0.15, -0.1) is 0 Å². The van der Waals surface area contributed by atoms with Crippen molar-refractivity contribution in [3.63, 3.8) is 0 Å². The van der Waals surface area contributed by atoms with Gasteiger partial charge in [0.05, 0.1) is 4.90 Å². The van der Waals surface area contributed by atoms with Crippen molar-refractivity contribution < 1.29 is 22.7 Å². The van der Waals surface area contributed by atoms with E-state index in [4.69, 9.17) is 9.47 Å². The van der Waals surface area contributed by atoms with E-state index >= 15 is 0 Å². The molecule has 1 fully saturated rings. The quantitative estimate of drug-likeness (QED) is 0.522. The summed E-state index contributed by atoms with van der Waals surface area (Å²) in [6.45, 7) is 2.94. The first-order valence-corrected chi connectivity index (χ1v) is 13.2. The van der Waals surface area contributed by atoms with Gasteiger partial charge in [0.2, 0.25) is 15.9 Å².